The average molecular weight is 381 g/mol. The van der Waals surface area contributed by atoms with E-state index in [0.29, 0.717) is 23.7 Å². The van der Waals surface area contributed by atoms with Crippen molar-refractivity contribution in [3.8, 4) is 12.0 Å². The lowest BCUT2D eigenvalue weighted by molar-refractivity contribution is 0.486. The van der Waals surface area contributed by atoms with Crippen molar-refractivity contribution in [1.29, 1.82) is 5.26 Å². The SMILES string of the molecule is CC(C)c1cccc(C(C)C)c1N.CC(C)c1cccc(C(C)C)c1OC#N. The van der Waals surface area contributed by atoms with Gasteiger partial charge >= 0.3 is 0 Å². The maximum Gasteiger partial charge on any atom is 0.292 e. The number of ether oxygens (including phenoxy) is 1. The van der Waals surface area contributed by atoms with Gasteiger partial charge in [0.1, 0.15) is 5.75 Å². The molecule has 0 aliphatic rings. The minimum absolute atomic E-state index is 0.368. The summed E-state index contributed by atoms with van der Waals surface area (Å²) in [7, 11) is 0. The summed E-state index contributed by atoms with van der Waals surface area (Å²) in [5.41, 5.74) is 11.8. The Hall–Kier alpha value is -2.47. The smallest absolute Gasteiger partial charge is 0.292 e. The number of benzene rings is 2. The molecule has 0 fully saturated rings. The molecule has 0 spiro atoms. The van der Waals surface area contributed by atoms with E-state index in [1.807, 2.05) is 18.2 Å². The molecule has 0 radical (unpaired) electrons. The topological polar surface area (TPSA) is 59.0 Å². The van der Waals surface area contributed by atoms with Gasteiger partial charge in [0, 0.05) is 5.69 Å². The van der Waals surface area contributed by atoms with E-state index in [-0.39, 0.29) is 0 Å². The first-order valence-electron chi connectivity index (χ1n) is 10.2. The second-order valence-electron chi connectivity index (χ2n) is 8.43. The predicted molar refractivity (Wildman–Crippen MR) is 120 cm³/mol. The zero-order chi connectivity index (χ0) is 21.4. The quantitative estimate of drug-likeness (QED) is 0.437. The molecular weight excluding hydrogens is 344 g/mol. The summed E-state index contributed by atoms with van der Waals surface area (Å²) in [6, 6.07) is 12.4. The van der Waals surface area contributed by atoms with E-state index in [2.05, 4.69) is 73.6 Å². The van der Waals surface area contributed by atoms with Gasteiger partial charge in [0.15, 0.2) is 0 Å². The van der Waals surface area contributed by atoms with Gasteiger partial charge in [-0.3, -0.25) is 0 Å². The van der Waals surface area contributed by atoms with Gasteiger partial charge in [-0.25, -0.2) is 0 Å². The molecule has 0 unspecified atom stereocenters. The molecule has 0 aliphatic heterocycles. The first kappa shape index (κ1) is 23.6. The van der Waals surface area contributed by atoms with Crippen LogP contribution in [0.3, 0.4) is 0 Å². The summed E-state index contributed by atoms with van der Waals surface area (Å²) in [4.78, 5) is 0. The van der Waals surface area contributed by atoms with Gasteiger partial charge < -0.3 is 10.5 Å². The molecule has 0 bridgehead atoms. The van der Waals surface area contributed by atoms with Crippen molar-refractivity contribution in [3.63, 3.8) is 0 Å². The number of hydrogen-bond donors (Lipinski definition) is 1. The Kier molecular flexibility index (Phi) is 9.06. The molecule has 28 heavy (non-hydrogen) atoms. The van der Waals surface area contributed by atoms with Crippen LogP contribution in [0.4, 0.5) is 5.69 Å². The Morgan fingerprint density at radius 3 is 1.29 bits per heavy atom. The number of nitrogens with two attached hydrogens (primary N) is 1. The maximum atomic E-state index is 8.66. The zero-order valence-electron chi connectivity index (χ0n) is 18.7. The molecule has 0 heterocycles. The van der Waals surface area contributed by atoms with Gasteiger partial charge in [-0.2, -0.15) is 0 Å². The first-order chi connectivity index (χ1) is 13.1. The van der Waals surface area contributed by atoms with Crippen LogP contribution in [0.2, 0.25) is 0 Å². The Morgan fingerprint density at radius 2 is 1.00 bits per heavy atom. The highest BCUT2D eigenvalue weighted by molar-refractivity contribution is 5.56. The van der Waals surface area contributed by atoms with Crippen molar-refractivity contribution < 1.29 is 4.74 Å². The summed E-state index contributed by atoms with van der Waals surface area (Å²) in [5, 5.41) is 8.66. The lowest BCUT2D eigenvalue weighted by Crippen LogP contribution is -2.02. The predicted octanol–water partition coefficient (Wildman–Crippen LogP) is 7.31. The highest BCUT2D eigenvalue weighted by Gasteiger charge is 2.15. The number of anilines is 1. The molecule has 0 amide bonds. The van der Waals surface area contributed by atoms with Crippen molar-refractivity contribution in [2.45, 2.75) is 79.1 Å². The number of nitrogen functional groups attached to an aromatic ring is 1. The van der Waals surface area contributed by atoms with Crippen LogP contribution >= 0.6 is 0 Å². The van der Waals surface area contributed by atoms with E-state index in [1.54, 1.807) is 6.26 Å². The summed E-state index contributed by atoms with van der Waals surface area (Å²) in [6.07, 6.45) is 1.77. The summed E-state index contributed by atoms with van der Waals surface area (Å²) in [6.45, 7) is 17.1. The molecule has 0 saturated heterocycles. The standard InChI is InChI=1S/C13H17NO.C12H19N/c1-9(2)11-6-5-7-12(10(3)4)13(11)15-8-14;1-8(2)10-6-5-7-11(9(3)4)12(10)13/h5-7,9-10H,1-4H3;5-9H,13H2,1-4H3. The summed E-state index contributed by atoms with van der Waals surface area (Å²) >= 11 is 0. The Morgan fingerprint density at radius 1 is 0.679 bits per heavy atom. The fourth-order valence-corrected chi connectivity index (χ4v) is 3.25. The van der Waals surface area contributed by atoms with Crippen LogP contribution in [0.25, 0.3) is 0 Å². The van der Waals surface area contributed by atoms with Crippen LogP contribution in [-0.2, 0) is 0 Å². The van der Waals surface area contributed by atoms with Crippen LogP contribution in [0, 0.1) is 11.5 Å². The third kappa shape index (κ3) is 6.02. The number of rotatable bonds is 5. The van der Waals surface area contributed by atoms with Gasteiger partial charge in [0.05, 0.1) is 0 Å². The lowest BCUT2D eigenvalue weighted by atomic mass is 9.93. The van der Waals surface area contributed by atoms with E-state index < -0.39 is 0 Å². The van der Waals surface area contributed by atoms with E-state index in [4.69, 9.17) is 15.7 Å². The lowest BCUT2D eigenvalue weighted by Gasteiger charge is -2.16. The van der Waals surface area contributed by atoms with Crippen molar-refractivity contribution in [2.24, 2.45) is 0 Å². The van der Waals surface area contributed by atoms with Crippen LogP contribution in [0.1, 0.15) is 101 Å². The zero-order valence-corrected chi connectivity index (χ0v) is 18.7. The number of nitriles is 1. The molecule has 2 aromatic rings. The van der Waals surface area contributed by atoms with Crippen molar-refractivity contribution in [2.75, 3.05) is 5.73 Å². The molecule has 3 heteroatoms. The number of para-hydroxylation sites is 2. The monoisotopic (exact) mass is 380 g/mol. The van der Waals surface area contributed by atoms with Gasteiger partial charge in [0.2, 0.25) is 0 Å². The minimum atomic E-state index is 0.368. The van der Waals surface area contributed by atoms with Crippen LogP contribution < -0.4 is 10.5 Å². The van der Waals surface area contributed by atoms with Gasteiger partial charge in [-0.15, -0.1) is 5.26 Å². The van der Waals surface area contributed by atoms with E-state index in [9.17, 15) is 0 Å². The highest BCUT2D eigenvalue weighted by Crippen LogP contribution is 2.34. The number of nitrogens with zero attached hydrogens (tertiary/aromatic N) is 1. The molecule has 2 N–H and O–H groups in total. The van der Waals surface area contributed by atoms with Crippen molar-refractivity contribution in [1.82, 2.24) is 0 Å². The van der Waals surface area contributed by atoms with Crippen molar-refractivity contribution >= 4 is 5.69 Å². The molecule has 2 aromatic carbocycles. The molecule has 0 atom stereocenters. The van der Waals surface area contributed by atoms with Crippen LogP contribution in [0.5, 0.6) is 5.75 Å². The Balaban J connectivity index is 0.000000283. The third-order valence-corrected chi connectivity index (χ3v) is 4.89. The van der Waals surface area contributed by atoms with Crippen molar-refractivity contribution in [3.05, 3.63) is 58.7 Å². The molecular formula is C25H36N2O. The molecule has 152 valence electrons. The van der Waals surface area contributed by atoms with E-state index in [1.165, 1.54) is 11.1 Å². The third-order valence-electron chi connectivity index (χ3n) is 4.89. The molecule has 0 aromatic heterocycles. The van der Waals surface area contributed by atoms with E-state index in [0.717, 1.165) is 22.6 Å². The molecule has 0 aliphatic carbocycles. The second kappa shape index (κ2) is 10.8. The average Bonchev–Trinajstić information content (AvgIpc) is 2.62. The Bertz CT molecular complexity index is 746. The van der Waals surface area contributed by atoms with Crippen LogP contribution in [-0.4, -0.2) is 0 Å². The second-order valence-corrected chi connectivity index (χ2v) is 8.43. The van der Waals surface area contributed by atoms with Crippen LogP contribution in [0.15, 0.2) is 36.4 Å². The minimum Gasteiger partial charge on any atom is -0.398 e. The normalized spacial score (nSPS) is 10.8. The fourth-order valence-electron chi connectivity index (χ4n) is 3.25. The van der Waals surface area contributed by atoms with E-state index >= 15 is 0 Å². The van der Waals surface area contributed by atoms with Gasteiger partial charge in [-0.05, 0) is 45.9 Å². The molecule has 0 saturated carbocycles. The fraction of sp³-hybridized carbons (Fsp3) is 0.480. The maximum absolute atomic E-state index is 8.66. The highest BCUT2D eigenvalue weighted by atomic mass is 16.5. The summed E-state index contributed by atoms with van der Waals surface area (Å²) in [5.74, 6) is 2.50. The summed E-state index contributed by atoms with van der Waals surface area (Å²) < 4.78 is 5.10. The van der Waals surface area contributed by atoms with Gasteiger partial charge in [-0.1, -0.05) is 91.8 Å². The first-order valence-corrected chi connectivity index (χ1v) is 10.2. The molecule has 3 nitrogen and oxygen atoms in total. The largest absolute Gasteiger partial charge is 0.398 e. The van der Waals surface area contributed by atoms with Gasteiger partial charge in [0.25, 0.3) is 6.26 Å². The number of hydrogen-bond acceptors (Lipinski definition) is 3. The molecule has 2 rings (SSSR count). The Labute approximate surface area is 171 Å².